The fourth-order valence-electron chi connectivity index (χ4n) is 4.06. The molecule has 0 aliphatic carbocycles. The third kappa shape index (κ3) is 5.54. The van der Waals surface area contributed by atoms with E-state index in [-0.39, 0.29) is 18.3 Å². The van der Waals surface area contributed by atoms with E-state index < -0.39 is 12.3 Å². The first-order valence-corrected chi connectivity index (χ1v) is 11.0. The average molecular weight is 430 g/mol. The van der Waals surface area contributed by atoms with Gasteiger partial charge in [-0.15, -0.1) is 0 Å². The number of carbonyl (C=O) groups is 1. The molecule has 2 aromatic rings. The molecule has 2 aromatic carbocycles. The summed E-state index contributed by atoms with van der Waals surface area (Å²) in [6.07, 6.45) is 2.01. The van der Waals surface area contributed by atoms with E-state index in [1.165, 1.54) is 5.56 Å². The number of unbranched alkanes of at least 4 members (excludes halogenated alkanes) is 1. The van der Waals surface area contributed by atoms with Gasteiger partial charge in [0.1, 0.15) is 30.2 Å². The van der Waals surface area contributed by atoms with Gasteiger partial charge in [0, 0.05) is 6.61 Å². The van der Waals surface area contributed by atoms with Crippen LogP contribution in [0.3, 0.4) is 0 Å². The molecule has 1 N–H and O–H groups in total. The van der Waals surface area contributed by atoms with Gasteiger partial charge in [-0.1, -0.05) is 31.2 Å². The van der Waals surface area contributed by atoms with Crippen molar-refractivity contribution in [3.05, 3.63) is 42.0 Å². The minimum Gasteiger partial charge on any atom is -0.434 e. The number of rotatable bonds is 9. The molecule has 0 spiro atoms. The van der Waals surface area contributed by atoms with Crippen molar-refractivity contribution in [3.63, 3.8) is 0 Å². The number of carbonyl (C=O) groups excluding carboxylic acids is 1. The summed E-state index contributed by atoms with van der Waals surface area (Å²) >= 11 is 0. The van der Waals surface area contributed by atoms with Gasteiger partial charge in [0.25, 0.3) is 0 Å². The van der Waals surface area contributed by atoms with E-state index in [9.17, 15) is 9.90 Å². The molecule has 2 aliphatic heterocycles. The van der Waals surface area contributed by atoms with Gasteiger partial charge in [-0.05, 0) is 54.2 Å². The monoisotopic (exact) mass is 430 g/mol. The predicted molar refractivity (Wildman–Crippen MR) is 114 cm³/mol. The van der Waals surface area contributed by atoms with E-state index in [2.05, 4.69) is 12.1 Å². The maximum atomic E-state index is 11.6. The van der Waals surface area contributed by atoms with Crippen LogP contribution in [0.15, 0.2) is 36.4 Å². The van der Waals surface area contributed by atoms with Crippen molar-refractivity contribution >= 4 is 16.9 Å². The Morgan fingerprint density at radius 1 is 1.03 bits per heavy atom. The molecule has 0 aromatic heterocycles. The molecular formula is C24H30O7. The first-order chi connectivity index (χ1) is 15.1. The first kappa shape index (κ1) is 22.0. The lowest BCUT2D eigenvalue weighted by Crippen LogP contribution is -2.33. The van der Waals surface area contributed by atoms with Crippen LogP contribution in [0.2, 0.25) is 0 Å². The molecule has 2 fully saturated rings. The summed E-state index contributed by atoms with van der Waals surface area (Å²) in [5, 5.41) is 11.9. The summed E-state index contributed by atoms with van der Waals surface area (Å²) in [5.74, 6) is 0.482. The third-order valence-corrected chi connectivity index (χ3v) is 5.67. The lowest BCUT2D eigenvalue weighted by atomic mass is 10.0. The van der Waals surface area contributed by atoms with E-state index in [0.717, 1.165) is 36.5 Å². The lowest BCUT2D eigenvalue weighted by Gasteiger charge is -2.16. The molecule has 2 saturated heterocycles. The van der Waals surface area contributed by atoms with E-state index in [4.69, 9.17) is 23.7 Å². The number of benzene rings is 2. The topological polar surface area (TPSA) is 83.5 Å². The molecule has 2 heterocycles. The van der Waals surface area contributed by atoms with E-state index in [1.54, 1.807) is 6.07 Å². The summed E-state index contributed by atoms with van der Waals surface area (Å²) in [5.41, 5.74) is 1.26. The lowest BCUT2D eigenvalue weighted by molar-refractivity contribution is -0.0377. The molecule has 0 amide bonds. The van der Waals surface area contributed by atoms with Crippen LogP contribution in [0.1, 0.15) is 31.7 Å². The normalized spacial score (nSPS) is 25.0. The average Bonchev–Trinajstić information content (AvgIpc) is 3.35. The maximum absolute atomic E-state index is 11.6. The molecule has 4 rings (SSSR count). The quantitative estimate of drug-likeness (QED) is 0.369. The smallest absolute Gasteiger partial charge is 0.434 e. The Kier molecular flexibility index (Phi) is 7.40. The van der Waals surface area contributed by atoms with Crippen molar-refractivity contribution in [2.24, 2.45) is 0 Å². The number of aliphatic hydroxyl groups is 1. The first-order valence-electron chi connectivity index (χ1n) is 11.0. The molecular weight excluding hydrogens is 400 g/mol. The maximum Gasteiger partial charge on any atom is 0.513 e. The highest BCUT2D eigenvalue weighted by molar-refractivity contribution is 5.85. The molecule has 0 radical (unpaired) electrons. The van der Waals surface area contributed by atoms with Crippen LogP contribution < -0.4 is 4.74 Å². The van der Waals surface area contributed by atoms with Gasteiger partial charge in [-0.25, -0.2) is 4.79 Å². The van der Waals surface area contributed by atoms with Gasteiger partial charge in [-0.2, -0.15) is 0 Å². The van der Waals surface area contributed by atoms with Gasteiger partial charge in [0.05, 0.1) is 19.8 Å². The van der Waals surface area contributed by atoms with Gasteiger partial charge in [0.2, 0.25) is 0 Å². The number of aryl methyl sites for hydroxylation is 1. The third-order valence-electron chi connectivity index (χ3n) is 5.67. The Balaban J connectivity index is 1.21. The van der Waals surface area contributed by atoms with E-state index in [0.29, 0.717) is 32.2 Å². The van der Waals surface area contributed by atoms with Crippen molar-refractivity contribution in [2.75, 3.05) is 26.4 Å². The Morgan fingerprint density at radius 2 is 1.84 bits per heavy atom. The molecule has 168 valence electrons. The van der Waals surface area contributed by atoms with Crippen LogP contribution in [0.4, 0.5) is 4.79 Å². The van der Waals surface area contributed by atoms with Gasteiger partial charge >= 0.3 is 6.16 Å². The molecule has 7 nitrogen and oxygen atoms in total. The summed E-state index contributed by atoms with van der Waals surface area (Å²) in [7, 11) is 0. The second-order valence-corrected chi connectivity index (χ2v) is 8.07. The number of fused-ring (bicyclic) bond motifs is 2. The van der Waals surface area contributed by atoms with Crippen molar-refractivity contribution in [3.8, 4) is 5.75 Å². The Bertz CT molecular complexity index is 883. The zero-order valence-corrected chi connectivity index (χ0v) is 17.8. The molecule has 2 aliphatic rings. The zero-order valence-electron chi connectivity index (χ0n) is 17.8. The minimum atomic E-state index is -0.671. The van der Waals surface area contributed by atoms with Gasteiger partial charge < -0.3 is 28.8 Å². The molecule has 4 atom stereocenters. The Labute approximate surface area is 182 Å². The Morgan fingerprint density at radius 3 is 2.71 bits per heavy atom. The summed E-state index contributed by atoms with van der Waals surface area (Å²) in [6.45, 7) is 3.75. The summed E-state index contributed by atoms with van der Waals surface area (Å²) < 4.78 is 27.3. The molecule has 0 bridgehead atoms. The highest BCUT2D eigenvalue weighted by Gasteiger charge is 2.47. The number of hydrogen-bond donors (Lipinski definition) is 1. The van der Waals surface area contributed by atoms with Crippen LogP contribution in [0.5, 0.6) is 5.75 Å². The van der Waals surface area contributed by atoms with Gasteiger partial charge in [0.15, 0.2) is 0 Å². The largest absolute Gasteiger partial charge is 0.513 e. The highest BCUT2D eigenvalue weighted by Crippen LogP contribution is 2.29. The summed E-state index contributed by atoms with van der Waals surface area (Å²) in [6, 6.07) is 11.9. The minimum absolute atomic E-state index is 0.0847. The van der Waals surface area contributed by atoms with Gasteiger partial charge in [-0.3, -0.25) is 0 Å². The predicted octanol–water partition coefficient (Wildman–Crippen LogP) is 3.63. The van der Waals surface area contributed by atoms with Crippen LogP contribution in [0, 0.1) is 0 Å². The number of hydrogen-bond acceptors (Lipinski definition) is 7. The zero-order chi connectivity index (χ0) is 21.6. The highest BCUT2D eigenvalue weighted by atomic mass is 16.7. The van der Waals surface area contributed by atoms with Crippen molar-refractivity contribution in [2.45, 2.75) is 57.0 Å². The van der Waals surface area contributed by atoms with Crippen LogP contribution >= 0.6 is 0 Å². The fourth-order valence-corrected chi connectivity index (χ4v) is 4.06. The number of aliphatic hydroxyl groups excluding tert-OH is 1. The second kappa shape index (κ2) is 10.4. The molecule has 0 unspecified atom stereocenters. The Hall–Kier alpha value is -2.19. The molecule has 7 heteroatoms. The second-order valence-electron chi connectivity index (χ2n) is 8.07. The van der Waals surface area contributed by atoms with Crippen LogP contribution in [0.25, 0.3) is 10.8 Å². The van der Waals surface area contributed by atoms with Crippen LogP contribution in [-0.2, 0) is 25.4 Å². The van der Waals surface area contributed by atoms with Crippen molar-refractivity contribution in [1.82, 2.24) is 0 Å². The van der Waals surface area contributed by atoms with Crippen molar-refractivity contribution in [1.29, 1.82) is 0 Å². The van der Waals surface area contributed by atoms with Crippen LogP contribution in [-0.4, -0.2) is 62.1 Å². The fraction of sp³-hybridized carbons (Fsp3) is 0.542. The standard InChI is InChI=1S/C24H30O7/c1-2-10-28-24(26)31-19-9-8-17-12-16(6-7-18(17)13-19)5-3-4-11-27-21-15-30-22-20(25)14-29-23(21)22/h6-9,12-13,20-23,25H,2-5,10-11,14-15H2,1H3/t20-,21-,22-,23-/m1/s1. The summed E-state index contributed by atoms with van der Waals surface area (Å²) in [4.78, 5) is 11.6. The van der Waals surface area contributed by atoms with E-state index >= 15 is 0 Å². The molecule has 31 heavy (non-hydrogen) atoms. The van der Waals surface area contributed by atoms with Crippen molar-refractivity contribution < 1.29 is 33.6 Å². The number of ether oxygens (including phenoxy) is 5. The van der Waals surface area contributed by atoms with E-state index in [1.807, 2.05) is 25.1 Å². The SMILES string of the molecule is CCCOC(=O)Oc1ccc2cc(CCCCO[C@@H]3CO[C@H]4[C@@H]3OC[C@H]4O)ccc2c1. The molecule has 0 saturated carbocycles.